The van der Waals surface area contributed by atoms with Gasteiger partial charge in [-0.3, -0.25) is 9.59 Å². The van der Waals surface area contributed by atoms with Crippen LogP contribution in [0.15, 0.2) is 23.8 Å². The summed E-state index contributed by atoms with van der Waals surface area (Å²) in [5.41, 5.74) is -3.83. The third-order valence-corrected chi connectivity index (χ3v) is 8.82. The maximum atomic E-state index is 15.5. The SMILES string of the molecule is CC(F)C[C@]12C=CC(=O)C=C1[C@@H](F)CC(C1C[C@@H](C)[C@](O)(C(=O)SCF)[C@@]1(C)CC=O)C2. The Bertz CT molecular complexity index is 843. The quantitative estimate of drug-likeness (QED) is 0.544. The van der Waals surface area contributed by atoms with Crippen molar-refractivity contribution < 1.29 is 32.7 Å². The van der Waals surface area contributed by atoms with Gasteiger partial charge >= 0.3 is 0 Å². The van der Waals surface area contributed by atoms with Crippen LogP contribution in [-0.4, -0.2) is 46.2 Å². The van der Waals surface area contributed by atoms with Gasteiger partial charge in [0, 0.05) is 17.3 Å². The molecule has 3 aliphatic rings. The molecule has 3 unspecified atom stereocenters. The second-order valence-electron chi connectivity index (χ2n) is 9.98. The molecule has 32 heavy (non-hydrogen) atoms. The standard InChI is InChI=1S/C24H31F3O4S/c1-14-8-18(22(3,6-7-28)24(14,31)21(30)32-13-25)16-9-20(27)19-10-17(29)4-5-23(19,12-16)11-15(2)26/h4-5,7,10,14-16,18,20,31H,6,8-9,11-13H2,1-3H3/t14-,15?,16?,18?,20+,22+,23+,24+/m1/s1. The lowest BCUT2D eigenvalue weighted by molar-refractivity contribution is -0.151. The van der Waals surface area contributed by atoms with E-state index in [0.717, 1.165) is 0 Å². The number of halogens is 3. The summed E-state index contributed by atoms with van der Waals surface area (Å²) in [7, 11) is 0. The second kappa shape index (κ2) is 9.09. The molecular weight excluding hydrogens is 441 g/mol. The molecule has 0 radical (unpaired) electrons. The average Bonchev–Trinajstić information content (AvgIpc) is 2.91. The predicted molar refractivity (Wildman–Crippen MR) is 117 cm³/mol. The number of aliphatic hydroxyl groups is 1. The second-order valence-corrected chi connectivity index (χ2v) is 10.9. The molecule has 2 fully saturated rings. The van der Waals surface area contributed by atoms with Gasteiger partial charge in [-0.15, -0.1) is 0 Å². The van der Waals surface area contributed by atoms with Crippen LogP contribution in [0.3, 0.4) is 0 Å². The largest absolute Gasteiger partial charge is 0.380 e. The zero-order valence-electron chi connectivity index (χ0n) is 18.7. The number of carbonyl (C=O) groups excluding carboxylic acids is 3. The van der Waals surface area contributed by atoms with Crippen molar-refractivity contribution in [1.82, 2.24) is 0 Å². The van der Waals surface area contributed by atoms with Gasteiger partial charge in [0.25, 0.3) is 0 Å². The molecule has 0 aromatic rings. The summed E-state index contributed by atoms with van der Waals surface area (Å²) in [5, 5.41) is 10.8. The number of thioether (sulfide) groups is 1. The predicted octanol–water partition coefficient (Wildman–Crippen LogP) is 4.70. The van der Waals surface area contributed by atoms with E-state index in [1.165, 1.54) is 19.1 Å². The molecule has 4 nitrogen and oxygen atoms in total. The maximum Gasteiger partial charge on any atom is 0.223 e. The van der Waals surface area contributed by atoms with Crippen molar-refractivity contribution in [3.8, 4) is 0 Å². The number of alkyl halides is 3. The van der Waals surface area contributed by atoms with Gasteiger partial charge in [-0.05, 0) is 68.1 Å². The Morgan fingerprint density at radius 1 is 1.41 bits per heavy atom. The lowest BCUT2D eigenvalue weighted by atomic mass is 9.55. The third kappa shape index (κ3) is 3.91. The first kappa shape index (κ1) is 25.2. The lowest BCUT2D eigenvalue weighted by Gasteiger charge is -2.50. The van der Waals surface area contributed by atoms with Gasteiger partial charge in [0.15, 0.2) is 5.78 Å². The maximum absolute atomic E-state index is 15.5. The van der Waals surface area contributed by atoms with E-state index < -0.39 is 51.7 Å². The van der Waals surface area contributed by atoms with Gasteiger partial charge in [-0.1, -0.05) is 31.7 Å². The van der Waals surface area contributed by atoms with Gasteiger partial charge in [0.05, 0.1) is 6.17 Å². The molecule has 0 amide bonds. The van der Waals surface area contributed by atoms with E-state index in [0.29, 0.717) is 30.9 Å². The van der Waals surface area contributed by atoms with Crippen molar-refractivity contribution >= 4 is 28.9 Å². The van der Waals surface area contributed by atoms with Crippen LogP contribution in [0, 0.1) is 28.6 Å². The molecule has 0 saturated heterocycles. The molecule has 3 rings (SSSR count). The number of rotatable bonds is 7. The molecule has 0 spiro atoms. The number of allylic oxidation sites excluding steroid dienone is 4. The van der Waals surface area contributed by atoms with E-state index in [4.69, 9.17) is 0 Å². The molecule has 2 saturated carbocycles. The van der Waals surface area contributed by atoms with E-state index in [-0.39, 0.29) is 36.5 Å². The lowest BCUT2D eigenvalue weighted by Crippen LogP contribution is -2.55. The Morgan fingerprint density at radius 2 is 2.09 bits per heavy atom. The van der Waals surface area contributed by atoms with Crippen molar-refractivity contribution in [2.45, 2.75) is 70.8 Å². The molecule has 3 aliphatic carbocycles. The molecule has 178 valence electrons. The number of fused-ring (bicyclic) bond motifs is 1. The van der Waals surface area contributed by atoms with Crippen LogP contribution >= 0.6 is 11.8 Å². The van der Waals surface area contributed by atoms with Crippen molar-refractivity contribution in [2.75, 3.05) is 6.01 Å². The first-order chi connectivity index (χ1) is 14.9. The first-order valence-electron chi connectivity index (χ1n) is 11.1. The minimum absolute atomic E-state index is 0.0209. The van der Waals surface area contributed by atoms with Gasteiger partial charge in [-0.25, -0.2) is 13.2 Å². The normalized spacial score (nSPS) is 42.3. The zero-order chi connectivity index (χ0) is 23.9. The van der Waals surface area contributed by atoms with Crippen LogP contribution in [0.25, 0.3) is 0 Å². The molecule has 0 aromatic carbocycles. The minimum atomic E-state index is -1.93. The van der Waals surface area contributed by atoms with Crippen molar-refractivity contribution in [3.05, 3.63) is 23.8 Å². The van der Waals surface area contributed by atoms with Crippen LogP contribution in [0.1, 0.15) is 52.9 Å². The zero-order valence-corrected chi connectivity index (χ0v) is 19.5. The molecule has 0 bridgehead atoms. The number of hydrogen-bond acceptors (Lipinski definition) is 5. The van der Waals surface area contributed by atoms with E-state index in [2.05, 4.69) is 0 Å². The first-order valence-corrected chi connectivity index (χ1v) is 12.1. The summed E-state index contributed by atoms with van der Waals surface area (Å²) in [5.74, 6) is -1.65. The van der Waals surface area contributed by atoms with Crippen LogP contribution in [0.5, 0.6) is 0 Å². The summed E-state index contributed by atoms with van der Waals surface area (Å²) >= 11 is 0.382. The fourth-order valence-electron chi connectivity index (χ4n) is 6.74. The molecule has 8 atom stereocenters. The third-order valence-electron chi connectivity index (χ3n) is 8.14. The van der Waals surface area contributed by atoms with Gasteiger partial charge in [-0.2, -0.15) is 0 Å². The van der Waals surface area contributed by atoms with Crippen molar-refractivity contribution in [2.24, 2.45) is 28.6 Å². The smallest absolute Gasteiger partial charge is 0.223 e. The Morgan fingerprint density at radius 3 is 2.69 bits per heavy atom. The van der Waals surface area contributed by atoms with Gasteiger partial charge in [0.2, 0.25) is 5.12 Å². The molecule has 0 aromatic heterocycles. The van der Waals surface area contributed by atoms with Gasteiger partial charge in [0.1, 0.15) is 24.1 Å². The molecule has 8 heteroatoms. The number of hydrogen-bond donors (Lipinski definition) is 1. The van der Waals surface area contributed by atoms with Crippen LogP contribution in [0.2, 0.25) is 0 Å². The highest BCUT2D eigenvalue weighted by Gasteiger charge is 2.66. The molecular formula is C24H31F3O4S. The van der Waals surface area contributed by atoms with Crippen molar-refractivity contribution in [1.29, 1.82) is 0 Å². The van der Waals surface area contributed by atoms with Gasteiger partial charge < -0.3 is 9.90 Å². The molecule has 0 aliphatic heterocycles. The summed E-state index contributed by atoms with van der Waals surface area (Å²) in [4.78, 5) is 36.3. The van der Waals surface area contributed by atoms with E-state index in [9.17, 15) is 28.3 Å². The Kier molecular flexibility index (Phi) is 7.16. The minimum Gasteiger partial charge on any atom is -0.380 e. The Balaban J connectivity index is 2.04. The van der Waals surface area contributed by atoms with E-state index in [1.807, 2.05) is 0 Å². The van der Waals surface area contributed by atoms with E-state index >= 15 is 4.39 Å². The van der Waals surface area contributed by atoms with Crippen molar-refractivity contribution in [3.63, 3.8) is 0 Å². The molecule has 1 N–H and O–H groups in total. The number of aldehydes is 1. The fourth-order valence-corrected chi connectivity index (χ4v) is 7.49. The number of ketones is 1. The topological polar surface area (TPSA) is 71.4 Å². The average molecular weight is 473 g/mol. The Labute approximate surface area is 191 Å². The Hall–Kier alpha value is -1.41. The highest BCUT2D eigenvalue weighted by Crippen LogP contribution is 2.63. The highest BCUT2D eigenvalue weighted by atomic mass is 32.2. The monoisotopic (exact) mass is 472 g/mol. The highest BCUT2D eigenvalue weighted by molar-refractivity contribution is 8.13. The summed E-state index contributed by atoms with van der Waals surface area (Å²) < 4.78 is 42.6. The summed E-state index contributed by atoms with van der Waals surface area (Å²) in [6, 6.07) is -0.990. The summed E-state index contributed by atoms with van der Waals surface area (Å²) in [6.07, 6.45) is 2.82. The van der Waals surface area contributed by atoms with Crippen LogP contribution in [-0.2, 0) is 14.4 Å². The van der Waals surface area contributed by atoms with Crippen LogP contribution in [0.4, 0.5) is 13.2 Å². The molecule has 0 heterocycles. The number of carbonyl (C=O) groups is 3. The van der Waals surface area contributed by atoms with E-state index in [1.54, 1.807) is 19.9 Å². The summed E-state index contributed by atoms with van der Waals surface area (Å²) in [6.45, 7) is 4.74. The van der Waals surface area contributed by atoms with Crippen LogP contribution < -0.4 is 0 Å². The fraction of sp³-hybridized carbons (Fsp3) is 0.708.